The Morgan fingerprint density at radius 2 is 0.912 bits per heavy atom. The SMILES string of the molecule is Cc1ccc(C(C)C)c(O)c1.Cc1ccc(C(C)C)c(OPOc2cc(C)ccc2C(C)C)c1. The summed E-state index contributed by atoms with van der Waals surface area (Å²) in [7, 11) is -0.0420. The van der Waals surface area contributed by atoms with Gasteiger partial charge in [0.2, 0.25) is 0 Å². The van der Waals surface area contributed by atoms with E-state index < -0.39 is 0 Å². The van der Waals surface area contributed by atoms with Gasteiger partial charge in [0.25, 0.3) is 9.03 Å². The Morgan fingerprint density at radius 1 is 0.559 bits per heavy atom. The van der Waals surface area contributed by atoms with E-state index in [1.165, 1.54) is 22.3 Å². The first-order chi connectivity index (χ1) is 16.0. The number of phenolic OH excluding ortho intramolecular Hbond substituents is 1. The molecule has 0 saturated heterocycles. The Morgan fingerprint density at radius 3 is 1.26 bits per heavy atom. The third-order valence-corrected chi connectivity index (χ3v) is 6.30. The van der Waals surface area contributed by atoms with Gasteiger partial charge in [0.1, 0.15) is 17.2 Å². The van der Waals surface area contributed by atoms with Gasteiger partial charge in [0, 0.05) is 0 Å². The highest BCUT2D eigenvalue weighted by Crippen LogP contribution is 2.35. The first-order valence-electron chi connectivity index (χ1n) is 12.1. The molecular weight excluding hydrogens is 439 g/mol. The van der Waals surface area contributed by atoms with Crippen LogP contribution < -0.4 is 9.05 Å². The van der Waals surface area contributed by atoms with Crippen molar-refractivity contribution in [2.45, 2.75) is 80.1 Å². The van der Waals surface area contributed by atoms with Gasteiger partial charge in [0.05, 0.1) is 0 Å². The number of hydrogen-bond donors (Lipinski definition) is 1. The largest absolute Gasteiger partial charge is 0.508 e. The lowest BCUT2D eigenvalue weighted by molar-refractivity contribution is 0.464. The molecule has 0 aliphatic heterocycles. The Hall–Kier alpha value is -2.51. The van der Waals surface area contributed by atoms with E-state index >= 15 is 0 Å². The molecule has 1 N–H and O–H groups in total. The minimum Gasteiger partial charge on any atom is -0.508 e. The molecule has 0 saturated carbocycles. The number of aryl methyl sites for hydroxylation is 3. The summed E-state index contributed by atoms with van der Waals surface area (Å²) in [5, 5.41) is 9.46. The summed E-state index contributed by atoms with van der Waals surface area (Å²) >= 11 is 0. The zero-order chi connectivity index (χ0) is 25.4. The molecule has 3 aromatic carbocycles. The Kier molecular flexibility index (Phi) is 10.5. The first-order valence-corrected chi connectivity index (χ1v) is 12.9. The van der Waals surface area contributed by atoms with Crippen molar-refractivity contribution in [1.82, 2.24) is 0 Å². The van der Waals surface area contributed by atoms with Gasteiger partial charge < -0.3 is 14.2 Å². The first kappa shape index (κ1) is 27.7. The lowest BCUT2D eigenvalue weighted by atomic mass is 10.0. The molecule has 0 radical (unpaired) electrons. The molecule has 0 unspecified atom stereocenters. The van der Waals surface area contributed by atoms with Crippen LogP contribution in [0.1, 0.15) is 92.7 Å². The summed E-state index contributed by atoms with van der Waals surface area (Å²) in [6.45, 7) is 19.0. The van der Waals surface area contributed by atoms with E-state index in [9.17, 15) is 5.11 Å². The van der Waals surface area contributed by atoms with E-state index in [4.69, 9.17) is 9.05 Å². The van der Waals surface area contributed by atoms with Crippen LogP contribution in [0.15, 0.2) is 54.6 Å². The van der Waals surface area contributed by atoms with Crippen LogP contribution in [0.3, 0.4) is 0 Å². The molecule has 3 rings (SSSR count). The lowest BCUT2D eigenvalue weighted by Gasteiger charge is -2.17. The number of phenols is 1. The fourth-order valence-electron chi connectivity index (χ4n) is 3.67. The molecule has 0 aliphatic rings. The third kappa shape index (κ3) is 8.06. The van der Waals surface area contributed by atoms with Gasteiger partial charge >= 0.3 is 0 Å². The Bertz CT molecular complexity index is 1010. The van der Waals surface area contributed by atoms with Crippen molar-refractivity contribution in [2.24, 2.45) is 0 Å². The maximum atomic E-state index is 9.46. The summed E-state index contributed by atoms with van der Waals surface area (Å²) in [5.41, 5.74) is 6.97. The molecule has 184 valence electrons. The lowest BCUT2D eigenvalue weighted by Crippen LogP contribution is -1.96. The van der Waals surface area contributed by atoms with E-state index in [1.807, 2.05) is 19.1 Å². The summed E-state index contributed by atoms with van der Waals surface area (Å²) in [6, 6.07) is 18.5. The molecule has 3 aromatic rings. The van der Waals surface area contributed by atoms with Crippen LogP contribution in [0, 0.1) is 20.8 Å². The number of aromatic hydroxyl groups is 1. The second kappa shape index (κ2) is 12.8. The molecule has 0 aliphatic carbocycles. The van der Waals surface area contributed by atoms with E-state index in [1.54, 1.807) is 6.07 Å². The molecule has 0 bridgehead atoms. The molecule has 0 spiro atoms. The number of rotatable bonds is 7. The standard InChI is InChI=1S/C20H27O2P.C10H14O/c1-13(2)17-9-7-15(5)11-19(17)21-23-22-20-12-16(6)8-10-18(20)14(3)4;1-7(2)9-5-4-8(3)6-10(9)11/h7-14,23H,1-6H3;4-7,11H,1-3H3. The maximum absolute atomic E-state index is 9.46. The monoisotopic (exact) mass is 480 g/mol. The van der Waals surface area contributed by atoms with Crippen molar-refractivity contribution in [3.8, 4) is 17.2 Å². The zero-order valence-electron chi connectivity index (χ0n) is 22.2. The van der Waals surface area contributed by atoms with Crippen LogP contribution in [-0.4, -0.2) is 5.11 Å². The number of hydrogen-bond acceptors (Lipinski definition) is 3. The van der Waals surface area contributed by atoms with Crippen LogP contribution in [0.4, 0.5) is 0 Å². The van der Waals surface area contributed by atoms with Gasteiger partial charge in [-0.2, -0.15) is 0 Å². The summed E-state index contributed by atoms with van der Waals surface area (Å²) in [6.07, 6.45) is 0. The van der Waals surface area contributed by atoms with Crippen LogP contribution in [-0.2, 0) is 0 Å². The summed E-state index contributed by atoms with van der Waals surface area (Å²) in [5.74, 6) is 3.53. The van der Waals surface area contributed by atoms with Crippen molar-refractivity contribution >= 4 is 9.03 Å². The third-order valence-electron chi connectivity index (χ3n) is 5.69. The van der Waals surface area contributed by atoms with Crippen molar-refractivity contribution in [2.75, 3.05) is 0 Å². The second-order valence-electron chi connectivity index (χ2n) is 9.90. The Balaban J connectivity index is 0.000000310. The fraction of sp³-hybridized carbons (Fsp3) is 0.400. The van der Waals surface area contributed by atoms with E-state index in [-0.39, 0.29) is 9.03 Å². The van der Waals surface area contributed by atoms with Gasteiger partial charge in [-0.1, -0.05) is 77.9 Å². The summed E-state index contributed by atoms with van der Waals surface area (Å²) < 4.78 is 11.9. The number of benzene rings is 3. The summed E-state index contributed by atoms with van der Waals surface area (Å²) in [4.78, 5) is 0. The molecule has 0 aromatic heterocycles. The van der Waals surface area contributed by atoms with E-state index in [0.717, 1.165) is 22.6 Å². The van der Waals surface area contributed by atoms with Crippen molar-refractivity contribution in [3.63, 3.8) is 0 Å². The highest BCUT2D eigenvalue weighted by molar-refractivity contribution is 7.27. The molecule has 0 atom stereocenters. The maximum Gasteiger partial charge on any atom is 0.275 e. The highest BCUT2D eigenvalue weighted by Gasteiger charge is 2.11. The van der Waals surface area contributed by atoms with Gasteiger partial charge in [-0.05, 0) is 90.1 Å². The average molecular weight is 481 g/mol. The molecule has 0 heterocycles. The van der Waals surface area contributed by atoms with Crippen LogP contribution in [0.25, 0.3) is 0 Å². The van der Waals surface area contributed by atoms with E-state index in [0.29, 0.717) is 23.5 Å². The highest BCUT2D eigenvalue weighted by atomic mass is 31.1. The van der Waals surface area contributed by atoms with Gasteiger partial charge in [0.15, 0.2) is 0 Å². The zero-order valence-corrected chi connectivity index (χ0v) is 23.2. The smallest absolute Gasteiger partial charge is 0.275 e. The molecular formula is C30H41O3P. The van der Waals surface area contributed by atoms with Crippen molar-refractivity contribution < 1.29 is 14.2 Å². The average Bonchev–Trinajstić information content (AvgIpc) is 2.73. The Labute approximate surface area is 208 Å². The van der Waals surface area contributed by atoms with E-state index in [2.05, 4.69) is 91.8 Å². The van der Waals surface area contributed by atoms with Gasteiger partial charge in [-0.25, -0.2) is 0 Å². The second-order valence-corrected chi connectivity index (χ2v) is 10.5. The van der Waals surface area contributed by atoms with Crippen LogP contribution in [0.5, 0.6) is 17.2 Å². The van der Waals surface area contributed by atoms with Gasteiger partial charge in [-0.15, -0.1) is 0 Å². The van der Waals surface area contributed by atoms with Crippen LogP contribution >= 0.6 is 9.03 Å². The minimum absolute atomic E-state index is 0.0420. The predicted molar refractivity (Wildman–Crippen MR) is 147 cm³/mol. The molecule has 34 heavy (non-hydrogen) atoms. The molecule has 0 amide bonds. The minimum atomic E-state index is -0.0420. The van der Waals surface area contributed by atoms with Crippen molar-refractivity contribution in [3.05, 3.63) is 88.0 Å². The van der Waals surface area contributed by atoms with Crippen LogP contribution in [0.2, 0.25) is 0 Å². The van der Waals surface area contributed by atoms with Crippen molar-refractivity contribution in [1.29, 1.82) is 0 Å². The quantitative estimate of drug-likeness (QED) is 0.342. The normalized spacial score (nSPS) is 10.9. The molecule has 3 nitrogen and oxygen atoms in total. The predicted octanol–water partition coefficient (Wildman–Crippen LogP) is 9.34. The molecule has 0 fully saturated rings. The van der Waals surface area contributed by atoms with Gasteiger partial charge in [-0.3, -0.25) is 0 Å². The topological polar surface area (TPSA) is 38.7 Å². The fourth-order valence-corrected chi connectivity index (χ4v) is 4.24. The molecule has 4 heteroatoms.